The first-order valence-corrected chi connectivity index (χ1v) is 8.70. The molecule has 0 spiro atoms. The van der Waals surface area contributed by atoms with E-state index in [4.69, 9.17) is 0 Å². The van der Waals surface area contributed by atoms with E-state index in [1.165, 1.54) is 6.20 Å². The molecule has 140 valence electrons. The van der Waals surface area contributed by atoms with Crippen LogP contribution in [0.4, 0.5) is 0 Å². The average Bonchev–Trinajstić information content (AvgIpc) is 3.32. The fraction of sp³-hybridized carbons (Fsp3) is 0.100. The maximum Gasteiger partial charge on any atom is 0.291 e. The number of hydrogen-bond acceptors (Lipinski definition) is 4. The Morgan fingerprint density at radius 3 is 2.46 bits per heavy atom. The van der Waals surface area contributed by atoms with Gasteiger partial charge in [-0.3, -0.25) is 20.4 Å². The maximum absolute atomic E-state index is 12.5. The van der Waals surface area contributed by atoms with Crippen molar-refractivity contribution in [3.05, 3.63) is 83.8 Å². The van der Waals surface area contributed by atoms with E-state index >= 15 is 0 Å². The number of fused-ring (bicyclic) bond motifs is 1. The number of benzene rings is 2. The number of amides is 2. The molecule has 28 heavy (non-hydrogen) atoms. The van der Waals surface area contributed by atoms with Gasteiger partial charge in [-0.1, -0.05) is 53.7 Å². The molecular weight excluding hydrogens is 356 g/mol. The highest BCUT2D eigenvalue weighted by Gasteiger charge is 2.16. The normalized spacial score (nSPS) is 10.8. The predicted octanol–water partition coefficient (Wildman–Crippen LogP) is 1.89. The lowest BCUT2D eigenvalue weighted by molar-refractivity contribution is 0.0844. The lowest BCUT2D eigenvalue weighted by atomic mass is 10.2. The second-order valence-electron chi connectivity index (χ2n) is 6.37. The van der Waals surface area contributed by atoms with E-state index in [1.54, 1.807) is 10.9 Å². The predicted molar refractivity (Wildman–Crippen MR) is 103 cm³/mol. The number of para-hydroxylation sites is 1. The Balaban J connectivity index is 1.41. The van der Waals surface area contributed by atoms with E-state index in [-0.39, 0.29) is 5.69 Å². The van der Waals surface area contributed by atoms with Crippen LogP contribution in [-0.2, 0) is 13.6 Å². The minimum Gasteiger partial charge on any atom is -0.350 e. The number of aryl methyl sites for hydroxylation is 1. The van der Waals surface area contributed by atoms with Crippen molar-refractivity contribution in [2.45, 2.75) is 6.54 Å². The summed E-state index contributed by atoms with van der Waals surface area (Å²) in [5, 5.41) is 8.63. The van der Waals surface area contributed by atoms with Crippen LogP contribution in [0.5, 0.6) is 0 Å². The number of nitrogens with zero attached hydrogens (tertiary/aromatic N) is 4. The molecule has 2 aromatic heterocycles. The van der Waals surface area contributed by atoms with Crippen molar-refractivity contribution >= 4 is 22.7 Å². The molecule has 2 aromatic carbocycles. The van der Waals surface area contributed by atoms with Gasteiger partial charge in [-0.2, -0.15) is 0 Å². The van der Waals surface area contributed by atoms with Gasteiger partial charge in [0, 0.05) is 24.1 Å². The molecule has 0 fully saturated rings. The van der Waals surface area contributed by atoms with Crippen molar-refractivity contribution in [1.29, 1.82) is 0 Å². The van der Waals surface area contributed by atoms with Gasteiger partial charge >= 0.3 is 0 Å². The Hall–Kier alpha value is -3.94. The average molecular weight is 374 g/mol. The summed E-state index contributed by atoms with van der Waals surface area (Å²) in [7, 11) is 1.86. The summed E-state index contributed by atoms with van der Waals surface area (Å²) in [5.74, 6) is -0.935. The third-order valence-corrected chi connectivity index (χ3v) is 4.39. The van der Waals surface area contributed by atoms with Crippen LogP contribution in [0.1, 0.15) is 26.4 Å². The largest absolute Gasteiger partial charge is 0.350 e. The van der Waals surface area contributed by atoms with Gasteiger partial charge < -0.3 is 4.57 Å². The van der Waals surface area contributed by atoms with Gasteiger partial charge in [-0.15, -0.1) is 5.10 Å². The van der Waals surface area contributed by atoms with E-state index in [0.29, 0.717) is 12.1 Å². The van der Waals surface area contributed by atoms with Crippen LogP contribution in [0.2, 0.25) is 0 Å². The Morgan fingerprint density at radius 1 is 0.929 bits per heavy atom. The third kappa shape index (κ3) is 3.48. The first-order valence-electron chi connectivity index (χ1n) is 8.70. The Labute approximate surface area is 160 Å². The molecule has 2 amide bonds. The van der Waals surface area contributed by atoms with Gasteiger partial charge in [0.2, 0.25) is 0 Å². The summed E-state index contributed by atoms with van der Waals surface area (Å²) >= 11 is 0. The summed E-state index contributed by atoms with van der Waals surface area (Å²) in [6.45, 7) is 0.503. The molecular formula is C20H18N6O2. The van der Waals surface area contributed by atoms with Crippen molar-refractivity contribution in [3.63, 3.8) is 0 Å². The number of hydrazine groups is 1. The van der Waals surface area contributed by atoms with E-state index in [0.717, 1.165) is 16.5 Å². The fourth-order valence-electron chi connectivity index (χ4n) is 3.02. The Bertz CT molecular complexity index is 1150. The van der Waals surface area contributed by atoms with Crippen LogP contribution >= 0.6 is 0 Å². The quantitative estimate of drug-likeness (QED) is 0.534. The van der Waals surface area contributed by atoms with Crippen molar-refractivity contribution in [2.24, 2.45) is 7.05 Å². The molecule has 2 N–H and O–H groups in total. The Kier molecular flexibility index (Phi) is 4.59. The molecule has 0 radical (unpaired) electrons. The number of nitrogens with one attached hydrogen (secondary N) is 2. The summed E-state index contributed by atoms with van der Waals surface area (Å²) in [4.78, 5) is 24.7. The summed E-state index contributed by atoms with van der Waals surface area (Å²) in [6, 6.07) is 17.3. The van der Waals surface area contributed by atoms with Crippen LogP contribution in [0.25, 0.3) is 10.9 Å². The Morgan fingerprint density at radius 2 is 1.64 bits per heavy atom. The molecule has 2 heterocycles. The third-order valence-electron chi connectivity index (χ3n) is 4.39. The van der Waals surface area contributed by atoms with Gasteiger partial charge in [-0.05, 0) is 11.6 Å². The summed E-state index contributed by atoms with van der Waals surface area (Å²) in [6.07, 6.45) is 3.26. The topological polar surface area (TPSA) is 93.8 Å². The molecule has 0 aliphatic rings. The minimum atomic E-state index is -0.534. The van der Waals surface area contributed by atoms with Gasteiger partial charge in [-0.25, -0.2) is 4.68 Å². The number of hydrogen-bond donors (Lipinski definition) is 2. The van der Waals surface area contributed by atoms with Gasteiger partial charge in [0.1, 0.15) is 0 Å². The second-order valence-corrected chi connectivity index (χ2v) is 6.37. The first kappa shape index (κ1) is 17.5. The van der Waals surface area contributed by atoms with Crippen LogP contribution in [0, 0.1) is 0 Å². The van der Waals surface area contributed by atoms with Crippen molar-refractivity contribution in [2.75, 3.05) is 0 Å². The zero-order valence-electron chi connectivity index (χ0n) is 15.2. The molecule has 8 nitrogen and oxygen atoms in total. The molecule has 0 saturated carbocycles. The van der Waals surface area contributed by atoms with Crippen LogP contribution in [-0.4, -0.2) is 31.4 Å². The molecule has 8 heteroatoms. The molecule has 0 aliphatic heterocycles. The van der Waals surface area contributed by atoms with E-state index in [9.17, 15) is 9.59 Å². The fourth-order valence-corrected chi connectivity index (χ4v) is 3.02. The molecule has 0 unspecified atom stereocenters. The lowest BCUT2D eigenvalue weighted by Crippen LogP contribution is -2.41. The SMILES string of the molecule is Cn1cc(C(=O)NNC(=O)c2cn(Cc3ccccc3)nn2)c2ccccc21. The van der Waals surface area contributed by atoms with Gasteiger partial charge in [0.05, 0.1) is 18.3 Å². The van der Waals surface area contributed by atoms with Crippen molar-refractivity contribution in [1.82, 2.24) is 30.4 Å². The summed E-state index contributed by atoms with van der Waals surface area (Å²) < 4.78 is 3.43. The standard InChI is InChI=1S/C20H18N6O2/c1-25-12-16(15-9-5-6-10-18(15)25)19(27)22-23-20(28)17-13-26(24-21-17)11-14-7-3-2-4-8-14/h2-10,12-13H,11H2,1H3,(H,22,27)(H,23,28). The van der Waals surface area contributed by atoms with E-state index in [2.05, 4.69) is 21.2 Å². The van der Waals surface area contributed by atoms with E-state index in [1.807, 2.05) is 66.2 Å². The zero-order chi connectivity index (χ0) is 19.5. The van der Waals surface area contributed by atoms with Crippen LogP contribution in [0.15, 0.2) is 67.0 Å². The number of carbonyl (C=O) groups is 2. The number of carbonyl (C=O) groups excluding carboxylic acids is 2. The summed E-state index contributed by atoms with van der Waals surface area (Å²) in [5.41, 5.74) is 7.39. The minimum absolute atomic E-state index is 0.120. The highest BCUT2D eigenvalue weighted by Crippen LogP contribution is 2.19. The highest BCUT2D eigenvalue weighted by molar-refractivity contribution is 6.07. The highest BCUT2D eigenvalue weighted by atomic mass is 16.2. The maximum atomic E-state index is 12.5. The molecule has 0 bridgehead atoms. The smallest absolute Gasteiger partial charge is 0.291 e. The molecule has 0 aliphatic carbocycles. The monoisotopic (exact) mass is 374 g/mol. The second kappa shape index (κ2) is 7.36. The number of rotatable bonds is 4. The van der Waals surface area contributed by atoms with Crippen molar-refractivity contribution < 1.29 is 9.59 Å². The lowest BCUT2D eigenvalue weighted by Gasteiger charge is -2.04. The molecule has 0 atom stereocenters. The van der Waals surface area contributed by atoms with Crippen LogP contribution in [0.3, 0.4) is 0 Å². The van der Waals surface area contributed by atoms with Gasteiger partial charge in [0.25, 0.3) is 11.8 Å². The van der Waals surface area contributed by atoms with Gasteiger partial charge in [0.15, 0.2) is 5.69 Å². The van der Waals surface area contributed by atoms with E-state index < -0.39 is 11.8 Å². The molecule has 0 saturated heterocycles. The number of aromatic nitrogens is 4. The zero-order valence-corrected chi connectivity index (χ0v) is 15.2. The first-order chi connectivity index (χ1) is 13.6. The molecule has 4 rings (SSSR count). The van der Waals surface area contributed by atoms with Crippen LogP contribution < -0.4 is 10.9 Å². The molecule has 4 aromatic rings. The van der Waals surface area contributed by atoms with Crippen molar-refractivity contribution in [3.8, 4) is 0 Å².